The molecule has 0 saturated carbocycles. The molecule has 0 amide bonds. The highest BCUT2D eigenvalue weighted by molar-refractivity contribution is 9.09. The minimum atomic E-state index is -0.454. The smallest absolute Gasteiger partial charge is 0.142 e. The molecular weight excluding hydrogens is 354 g/mol. The Morgan fingerprint density at radius 2 is 1.89 bits per heavy atom. The molecule has 0 aliphatic heterocycles. The molecule has 0 spiro atoms. The summed E-state index contributed by atoms with van der Waals surface area (Å²) >= 11 is 15.2. The third-order valence-electron chi connectivity index (χ3n) is 2.70. The molecule has 0 N–H and O–H groups in total. The first-order valence-corrected chi connectivity index (χ1v) is 7.12. The average molecular weight is 364 g/mol. The van der Waals surface area contributed by atoms with E-state index in [1.54, 1.807) is 31.4 Å². The Bertz CT molecular complexity index is 604. The lowest BCUT2D eigenvalue weighted by molar-refractivity contribution is 0.410. The summed E-state index contributed by atoms with van der Waals surface area (Å²) in [6.45, 7) is 0. The normalized spacial score (nSPS) is 12.3. The summed E-state index contributed by atoms with van der Waals surface area (Å²) in [6.07, 6.45) is 0. The fourth-order valence-corrected chi connectivity index (χ4v) is 2.69. The van der Waals surface area contributed by atoms with Gasteiger partial charge in [-0.15, -0.1) is 0 Å². The molecule has 0 radical (unpaired) electrons. The zero-order valence-corrected chi connectivity index (χ0v) is 13.1. The average Bonchev–Trinajstić information content (AvgIpc) is 2.41. The fraction of sp³-hybridized carbons (Fsp3) is 0.143. The molecule has 100 valence electrons. The lowest BCUT2D eigenvalue weighted by Crippen LogP contribution is -1.98. The predicted molar refractivity (Wildman–Crippen MR) is 80.2 cm³/mol. The maximum Gasteiger partial charge on any atom is 0.142 e. The Hall–Kier alpha value is -0.770. The van der Waals surface area contributed by atoms with Crippen molar-refractivity contribution in [2.24, 2.45) is 0 Å². The molecule has 5 heteroatoms. The van der Waals surface area contributed by atoms with E-state index in [1.165, 1.54) is 12.1 Å². The molecule has 0 heterocycles. The summed E-state index contributed by atoms with van der Waals surface area (Å²) in [5.41, 5.74) is 1.57. The molecule has 19 heavy (non-hydrogen) atoms. The van der Waals surface area contributed by atoms with E-state index in [1.807, 2.05) is 0 Å². The Morgan fingerprint density at radius 3 is 2.53 bits per heavy atom. The van der Waals surface area contributed by atoms with Crippen LogP contribution in [-0.4, -0.2) is 7.11 Å². The van der Waals surface area contributed by atoms with Crippen molar-refractivity contribution in [3.05, 3.63) is 63.4 Å². The molecule has 0 saturated heterocycles. The Morgan fingerprint density at radius 1 is 1.16 bits per heavy atom. The van der Waals surface area contributed by atoms with Crippen molar-refractivity contribution >= 4 is 39.1 Å². The molecular formula is C14H10BrCl2FO. The summed E-state index contributed by atoms with van der Waals surface area (Å²) in [5, 5.41) is 0.691. The topological polar surface area (TPSA) is 9.23 Å². The largest absolute Gasteiger partial charge is 0.496 e. The van der Waals surface area contributed by atoms with Gasteiger partial charge in [0.15, 0.2) is 0 Å². The summed E-state index contributed by atoms with van der Waals surface area (Å²) in [4.78, 5) is -0.229. The van der Waals surface area contributed by atoms with Crippen molar-refractivity contribution in [2.45, 2.75) is 4.83 Å². The maximum atomic E-state index is 13.5. The molecule has 0 fully saturated rings. The fourth-order valence-electron chi connectivity index (χ4n) is 1.75. The van der Waals surface area contributed by atoms with Gasteiger partial charge in [-0.2, -0.15) is 0 Å². The van der Waals surface area contributed by atoms with E-state index in [4.69, 9.17) is 27.9 Å². The van der Waals surface area contributed by atoms with Crippen molar-refractivity contribution < 1.29 is 9.13 Å². The lowest BCUT2D eigenvalue weighted by Gasteiger charge is -2.15. The van der Waals surface area contributed by atoms with Gasteiger partial charge >= 0.3 is 0 Å². The van der Waals surface area contributed by atoms with Gasteiger partial charge in [-0.1, -0.05) is 45.2 Å². The van der Waals surface area contributed by atoms with Crippen LogP contribution < -0.4 is 4.74 Å². The highest BCUT2D eigenvalue weighted by Crippen LogP contribution is 2.38. The molecule has 2 aromatic rings. The summed E-state index contributed by atoms with van der Waals surface area (Å²) in [5.74, 6) is 0.228. The van der Waals surface area contributed by atoms with Crippen LogP contribution in [0.5, 0.6) is 5.75 Å². The van der Waals surface area contributed by atoms with E-state index >= 15 is 0 Å². The van der Waals surface area contributed by atoms with Gasteiger partial charge in [0.25, 0.3) is 0 Å². The van der Waals surface area contributed by atoms with Crippen LogP contribution in [0.3, 0.4) is 0 Å². The number of halogens is 4. The second-order valence-corrected chi connectivity index (χ2v) is 5.68. The number of benzene rings is 2. The van der Waals surface area contributed by atoms with Crippen LogP contribution in [-0.2, 0) is 0 Å². The maximum absolute atomic E-state index is 13.5. The van der Waals surface area contributed by atoms with Gasteiger partial charge in [0.05, 0.1) is 17.0 Å². The van der Waals surface area contributed by atoms with Gasteiger partial charge in [0, 0.05) is 10.6 Å². The van der Waals surface area contributed by atoms with Crippen LogP contribution in [0.25, 0.3) is 0 Å². The zero-order chi connectivity index (χ0) is 14.0. The second-order valence-electron chi connectivity index (χ2n) is 3.92. The third-order valence-corrected chi connectivity index (χ3v) is 4.26. The van der Waals surface area contributed by atoms with E-state index in [9.17, 15) is 4.39 Å². The van der Waals surface area contributed by atoms with Gasteiger partial charge < -0.3 is 4.74 Å². The number of hydrogen-bond donors (Lipinski definition) is 0. The van der Waals surface area contributed by atoms with Crippen LogP contribution in [0.2, 0.25) is 10.0 Å². The minimum Gasteiger partial charge on any atom is -0.496 e. The van der Waals surface area contributed by atoms with Gasteiger partial charge in [-0.05, 0) is 35.9 Å². The molecule has 1 atom stereocenters. The number of rotatable bonds is 3. The second kappa shape index (κ2) is 6.12. The molecule has 0 aromatic heterocycles. The van der Waals surface area contributed by atoms with Gasteiger partial charge in [-0.3, -0.25) is 0 Å². The van der Waals surface area contributed by atoms with Crippen LogP contribution in [0.4, 0.5) is 4.39 Å². The van der Waals surface area contributed by atoms with Crippen LogP contribution >= 0.6 is 39.1 Å². The van der Waals surface area contributed by atoms with Crippen molar-refractivity contribution in [2.75, 3.05) is 7.11 Å². The Labute approximate surface area is 129 Å². The molecule has 1 nitrogen and oxygen atoms in total. The first-order valence-electron chi connectivity index (χ1n) is 5.45. The molecule has 0 aliphatic rings. The number of ether oxygens (including phenoxy) is 1. The SMILES string of the molecule is COc1ccc(Cl)cc1C(Br)c1ccc(Cl)c(F)c1. The van der Waals surface area contributed by atoms with E-state index in [2.05, 4.69) is 15.9 Å². The number of hydrogen-bond acceptors (Lipinski definition) is 1. The standard InChI is InChI=1S/C14H10BrCl2FO/c1-19-13-5-3-9(16)7-10(13)14(15)8-2-4-11(17)12(18)6-8/h2-7,14H,1H3. The summed E-state index contributed by atoms with van der Waals surface area (Å²) in [7, 11) is 1.58. The lowest BCUT2D eigenvalue weighted by atomic mass is 10.0. The number of alkyl halides is 1. The van der Waals surface area contributed by atoms with Crippen molar-refractivity contribution in [3.8, 4) is 5.75 Å². The van der Waals surface area contributed by atoms with E-state index in [0.717, 1.165) is 11.1 Å². The minimum absolute atomic E-state index is 0.0986. The quantitative estimate of drug-likeness (QED) is 0.642. The van der Waals surface area contributed by atoms with Crippen LogP contribution in [0.15, 0.2) is 36.4 Å². The van der Waals surface area contributed by atoms with Crippen LogP contribution in [0, 0.1) is 5.82 Å². The van der Waals surface area contributed by atoms with E-state index in [0.29, 0.717) is 10.8 Å². The predicted octanol–water partition coefficient (Wildman–Crippen LogP) is 5.63. The first-order chi connectivity index (χ1) is 9.02. The van der Waals surface area contributed by atoms with Crippen molar-refractivity contribution in [1.29, 1.82) is 0 Å². The Balaban J connectivity index is 2.45. The van der Waals surface area contributed by atoms with Gasteiger partial charge in [-0.25, -0.2) is 4.39 Å². The van der Waals surface area contributed by atoms with Gasteiger partial charge in [0.2, 0.25) is 0 Å². The van der Waals surface area contributed by atoms with Crippen molar-refractivity contribution in [3.63, 3.8) is 0 Å². The highest BCUT2D eigenvalue weighted by atomic mass is 79.9. The molecule has 1 unspecified atom stereocenters. The third kappa shape index (κ3) is 3.22. The summed E-state index contributed by atoms with van der Waals surface area (Å²) < 4.78 is 18.8. The zero-order valence-electron chi connectivity index (χ0n) is 9.96. The van der Waals surface area contributed by atoms with E-state index < -0.39 is 5.82 Å². The van der Waals surface area contributed by atoms with Gasteiger partial charge in [0.1, 0.15) is 11.6 Å². The first kappa shape index (κ1) is 14.6. The van der Waals surface area contributed by atoms with Crippen molar-refractivity contribution in [1.82, 2.24) is 0 Å². The van der Waals surface area contributed by atoms with E-state index in [-0.39, 0.29) is 9.85 Å². The molecule has 0 bridgehead atoms. The molecule has 2 aromatic carbocycles. The Kier molecular flexibility index (Phi) is 4.71. The van der Waals surface area contributed by atoms with Crippen LogP contribution in [0.1, 0.15) is 16.0 Å². The number of methoxy groups -OCH3 is 1. The molecule has 2 rings (SSSR count). The molecule has 0 aliphatic carbocycles. The summed E-state index contributed by atoms with van der Waals surface area (Å²) in [6, 6.07) is 9.97. The monoisotopic (exact) mass is 362 g/mol. The highest BCUT2D eigenvalue weighted by Gasteiger charge is 2.17.